The van der Waals surface area contributed by atoms with Crippen LogP contribution in [0.2, 0.25) is 5.02 Å². The first kappa shape index (κ1) is 37.4. The van der Waals surface area contributed by atoms with Gasteiger partial charge in [-0.2, -0.15) is 5.26 Å². The Morgan fingerprint density at radius 1 is 1.02 bits per heavy atom. The van der Waals surface area contributed by atoms with Gasteiger partial charge in [0.1, 0.15) is 17.3 Å². The summed E-state index contributed by atoms with van der Waals surface area (Å²) in [6.45, 7) is 5.97. The number of nitrogens with one attached hydrogen (secondary N) is 1. The molecular formula is C41H39BClN7O6. The molecule has 6 aromatic rings. The van der Waals surface area contributed by atoms with Crippen LogP contribution in [0.5, 0.6) is 5.75 Å². The second-order valence-corrected chi connectivity index (χ2v) is 14.7. The Morgan fingerprint density at radius 3 is 2.52 bits per heavy atom. The second-order valence-electron chi connectivity index (χ2n) is 14.3. The maximum absolute atomic E-state index is 13.7. The molecule has 1 amide bonds. The average molecular weight is 772 g/mol. The highest BCUT2D eigenvalue weighted by Crippen LogP contribution is 2.39. The van der Waals surface area contributed by atoms with Crippen LogP contribution in [0.25, 0.3) is 33.7 Å². The summed E-state index contributed by atoms with van der Waals surface area (Å²) in [4.78, 5) is 27.7. The molecule has 4 N–H and O–H groups in total. The van der Waals surface area contributed by atoms with Gasteiger partial charge in [-0.15, -0.1) is 0 Å². The molecule has 0 aliphatic carbocycles. The van der Waals surface area contributed by atoms with Crippen LogP contribution >= 0.6 is 11.6 Å². The standard InChI is InChI=1S/C41H39BClN7O6/c1-24-30(5-3-6-31(24)41-47-34-18-26(17-27(19-44)38(34)55-41)21-49-15-13-28(51)22-49)32-7-4-8-33(37(32)43)46-40(52)39-45-35-23-50(16-14-36(35)48(39)2)20-25-9-11-29(12-10-25)56-42(53)54/h3-12,17-18,28,51,53-54H,13-16,20-23H2,1-2H3,(H,46,52)/t28-/m1/s1. The summed E-state index contributed by atoms with van der Waals surface area (Å²) < 4.78 is 13.0. The van der Waals surface area contributed by atoms with Crippen LogP contribution in [0.1, 0.15) is 50.7 Å². The van der Waals surface area contributed by atoms with E-state index in [0.29, 0.717) is 65.2 Å². The lowest BCUT2D eigenvalue weighted by molar-refractivity contribution is 0.101. The lowest BCUT2D eigenvalue weighted by atomic mass is 9.96. The molecule has 0 saturated carbocycles. The van der Waals surface area contributed by atoms with E-state index < -0.39 is 7.32 Å². The Kier molecular flexibility index (Phi) is 10.4. The zero-order valence-corrected chi connectivity index (χ0v) is 31.6. The number of amides is 1. The van der Waals surface area contributed by atoms with Crippen LogP contribution in [0.4, 0.5) is 5.69 Å². The number of imidazole rings is 1. The molecule has 8 rings (SSSR count). The van der Waals surface area contributed by atoms with E-state index in [1.54, 1.807) is 18.2 Å². The van der Waals surface area contributed by atoms with Crippen molar-refractivity contribution < 1.29 is 29.0 Å². The molecule has 0 spiro atoms. The zero-order chi connectivity index (χ0) is 39.1. The fourth-order valence-electron chi connectivity index (χ4n) is 7.74. The van der Waals surface area contributed by atoms with Crippen molar-refractivity contribution in [2.45, 2.75) is 45.5 Å². The third kappa shape index (κ3) is 7.53. The monoisotopic (exact) mass is 771 g/mol. The number of hydrogen-bond acceptors (Lipinski definition) is 11. The molecule has 0 bridgehead atoms. The average Bonchev–Trinajstić information content (AvgIpc) is 3.89. The fraction of sp³-hybridized carbons (Fsp3) is 0.268. The molecule has 1 saturated heterocycles. The van der Waals surface area contributed by atoms with Crippen LogP contribution < -0.4 is 9.97 Å². The number of likely N-dealkylation sites (tertiary alicyclic amines) is 1. The molecule has 15 heteroatoms. The van der Waals surface area contributed by atoms with Crippen molar-refractivity contribution in [1.29, 1.82) is 5.26 Å². The summed E-state index contributed by atoms with van der Waals surface area (Å²) in [5, 5.41) is 41.4. The summed E-state index contributed by atoms with van der Waals surface area (Å²) in [7, 11) is -0.0207. The van der Waals surface area contributed by atoms with E-state index in [1.807, 2.05) is 73.1 Å². The molecule has 13 nitrogen and oxygen atoms in total. The van der Waals surface area contributed by atoms with Crippen molar-refractivity contribution in [1.82, 2.24) is 24.3 Å². The summed E-state index contributed by atoms with van der Waals surface area (Å²) >= 11 is 7.04. The number of hydrogen-bond donors (Lipinski definition) is 4. The summed E-state index contributed by atoms with van der Waals surface area (Å²) in [5.41, 5.74) is 8.83. The van der Waals surface area contributed by atoms with E-state index in [9.17, 15) is 15.2 Å². The molecule has 2 aliphatic rings. The first-order valence-corrected chi connectivity index (χ1v) is 18.7. The van der Waals surface area contributed by atoms with Crippen LogP contribution in [0.15, 0.2) is 77.2 Å². The van der Waals surface area contributed by atoms with E-state index in [-0.39, 0.29) is 17.8 Å². The van der Waals surface area contributed by atoms with Gasteiger partial charge in [0.2, 0.25) is 5.89 Å². The number of aliphatic hydroxyl groups is 1. The minimum absolute atomic E-state index is 0.287. The zero-order valence-electron chi connectivity index (χ0n) is 30.9. The molecule has 4 heterocycles. The number of nitriles is 1. The van der Waals surface area contributed by atoms with Gasteiger partial charge in [0.25, 0.3) is 5.91 Å². The first-order chi connectivity index (χ1) is 27.0. The van der Waals surface area contributed by atoms with Crippen molar-refractivity contribution in [2.75, 3.05) is 25.0 Å². The Labute approximate surface area is 328 Å². The van der Waals surface area contributed by atoms with E-state index in [1.165, 1.54) is 0 Å². The first-order valence-electron chi connectivity index (χ1n) is 18.4. The van der Waals surface area contributed by atoms with Gasteiger partial charge < -0.3 is 34.1 Å². The van der Waals surface area contributed by atoms with Crippen LogP contribution in [-0.4, -0.2) is 78.5 Å². The van der Waals surface area contributed by atoms with Gasteiger partial charge in [-0.3, -0.25) is 14.6 Å². The molecule has 0 unspecified atom stereocenters. The molecular weight excluding hydrogens is 733 g/mol. The largest absolute Gasteiger partial charge is 0.707 e. The third-order valence-electron chi connectivity index (χ3n) is 10.5. The lowest BCUT2D eigenvalue weighted by Gasteiger charge is -2.26. The normalized spacial score (nSPS) is 15.8. The number of aliphatic hydroxyl groups excluding tert-OH is 1. The van der Waals surface area contributed by atoms with Crippen molar-refractivity contribution in [2.24, 2.45) is 7.05 Å². The van der Waals surface area contributed by atoms with Gasteiger partial charge in [-0.25, -0.2) is 9.97 Å². The van der Waals surface area contributed by atoms with Gasteiger partial charge in [0.15, 0.2) is 11.4 Å². The Bertz CT molecular complexity index is 2500. The predicted octanol–water partition coefficient (Wildman–Crippen LogP) is 5.45. The van der Waals surface area contributed by atoms with Crippen molar-refractivity contribution >= 4 is 41.6 Å². The number of carbonyl (C=O) groups is 1. The number of aromatic nitrogens is 3. The quantitative estimate of drug-likeness (QED) is 0.130. The Morgan fingerprint density at radius 2 is 1.77 bits per heavy atom. The minimum Gasteiger partial charge on any atom is -0.512 e. The maximum Gasteiger partial charge on any atom is 0.707 e. The Balaban J connectivity index is 1.00. The molecule has 56 heavy (non-hydrogen) atoms. The van der Waals surface area contributed by atoms with Gasteiger partial charge in [0, 0.05) is 69.6 Å². The number of anilines is 1. The molecule has 2 aromatic heterocycles. The highest BCUT2D eigenvalue weighted by molar-refractivity contribution is 6.36. The fourth-order valence-corrected chi connectivity index (χ4v) is 8.02. The topological polar surface area (TPSA) is 173 Å². The molecule has 4 aromatic carbocycles. The summed E-state index contributed by atoms with van der Waals surface area (Å²) in [5.74, 6) is 0.656. The van der Waals surface area contributed by atoms with Crippen molar-refractivity contribution in [3.63, 3.8) is 0 Å². The number of nitrogens with zero attached hydrogens (tertiary/aromatic N) is 6. The number of carbonyl (C=O) groups excluding carboxylic acids is 1. The highest BCUT2D eigenvalue weighted by Gasteiger charge is 2.27. The second kappa shape index (κ2) is 15.5. The number of benzene rings is 4. The van der Waals surface area contributed by atoms with Gasteiger partial charge in [-0.05, 0) is 72.0 Å². The van der Waals surface area contributed by atoms with E-state index in [2.05, 4.69) is 21.2 Å². The van der Waals surface area contributed by atoms with Crippen LogP contribution in [0, 0.1) is 18.3 Å². The van der Waals surface area contributed by atoms with E-state index in [0.717, 1.165) is 70.7 Å². The summed E-state index contributed by atoms with van der Waals surface area (Å²) in [6, 6.07) is 24.4. The third-order valence-corrected chi connectivity index (χ3v) is 10.9. The highest BCUT2D eigenvalue weighted by atomic mass is 35.5. The van der Waals surface area contributed by atoms with Crippen molar-refractivity contribution in [3.05, 3.63) is 117 Å². The number of oxazole rings is 1. The number of fused-ring (bicyclic) bond motifs is 2. The van der Waals surface area contributed by atoms with Gasteiger partial charge in [0.05, 0.1) is 28.1 Å². The van der Waals surface area contributed by atoms with Gasteiger partial charge in [-0.1, -0.05) is 48.0 Å². The van der Waals surface area contributed by atoms with Crippen molar-refractivity contribution in [3.8, 4) is 34.4 Å². The van der Waals surface area contributed by atoms with Gasteiger partial charge >= 0.3 is 7.32 Å². The summed E-state index contributed by atoms with van der Waals surface area (Å²) in [6.07, 6.45) is 1.13. The molecule has 284 valence electrons. The van der Waals surface area contributed by atoms with E-state index in [4.69, 9.17) is 40.7 Å². The smallest absolute Gasteiger partial charge is 0.512 e. The minimum atomic E-state index is -1.87. The molecule has 0 radical (unpaired) electrons. The molecule has 1 fully saturated rings. The van der Waals surface area contributed by atoms with Crippen LogP contribution in [0.3, 0.4) is 0 Å². The number of halogens is 1. The van der Waals surface area contributed by atoms with E-state index >= 15 is 0 Å². The lowest BCUT2D eigenvalue weighted by Crippen LogP contribution is -2.30. The maximum atomic E-state index is 13.7. The number of β-amino-alcohol motifs (C(OH)–C–C–N with tert-alkyl or cyclic N) is 1. The van der Waals surface area contributed by atoms with Crippen LogP contribution in [-0.2, 0) is 33.1 Å². The SMILES string of the molecule is Cc1c(-c2nc3cc(CN4CC[C@@H](O)C4)cc(C#N)c3o2)cccc1-c1cccc(NC(=O)c2nc3c(n2C)CCN(Cc2ccc(OB(O)O)cc2)C3)c1Cl. The molecule has 2 aliphatic heterocycles. The number of rotatable bonds is 10. The predicted molar refractivity (Wildman–Crippen MR) is 211 cm³/mol. The Hall–Kier alpha value is -5.53. The molecule has 1 atom stereocenters.